The molecule has 0 spiro atoms. The molecule has 0 radical (unpaired) electrons. The number of pyridine rings is 2. The van der Waals surface area contributed by atoms with Crippen LogP contribution in [0.3, 0.4) is 0 Å². The van der Waals surface area contributed by atoms with Gasteiger partial charge in [0.2, 0.25) is 0 Å². The third-order valence-electron chi connectivity index (χ3n) is 5.90. The molecule has 0 amide bonds. The second kappa shape index (κ2) is 9.32. The summed E-state index contributed by atoms with van der Waals surface area (Å²) in [7, 11) is 0. The van der Waals surface area contributed by atoms with Crippen LogP contribution in [0.25, 0.3) is 0 Å². The number of benzene rings is 2. The number of fused-ring (bicyclic) bond motifs is 2. The van der Waals surface area contributed by atoms with Gasteiger partial charge in [-0.2, -0.15) is 0 Å². The van der Waals surface area contributed by atoms with E-state index in [1.54, 1.807) is 12.4 Å². The van der Waals surface area contributed by atoms with Gasteiger partial charge in [0.15, 0.2) is 5.78 Å². The summed E-state index contributed by atoms with van der Waals surface area (Å²) in [6, 6.07) is 19.5. The molecule has 34 heavy (non-hydrogen) atoms. The normalized spacial score (nSPS) is 13.2. The number of aliphatic imine (C=N–C) groups is 2. The molecule has 5 rings (SSSR count). The van der Waals surface area contributed by atoms with Crippen LogP contribution in [0.15, 0.2) is 83.0 Å². The Morgan fingerprint density at radius 1 is 0.676 bits per heavy atom. The molecule has 0 N–H and O–H groups in total. The van der Waals surface area contributed by atoms with Gasteiger partial charge in [-0.05, 0) is 85.3 Å². The number of carbonyl (C=O) groups excluding carboxylic acids is 1. The smallest absolute Gasteiger partial charge is 0.193 e. The Balaban J connectivity index is 1.43. The predicted molar refractivity (Wildman–Crippen MR) is 136 cm³/mol. The molecule has 2 aromatic heterocycles. The van der Waals surface area contributed by atoms with Crippen molar-refractivity contribution in [1.82, 2.24) is 9.97 Å². The SMILES string of the molecule is Cc1ccc(C=Nc2ccc3c(c2)C(=O)c2cc(N=Cc4ccc(C)cn4)ccc2CC3)nc1. The van der Waals surface area contributed by atoms with Crippen LogP contribution in [0.2, 0.25) is 0 Å². The van der Waals surface area contributed by atoms with E-state index in [4.69, 9.17) is 0 Å². The maximum Gasteiger partial charge on any atom is 0.193 e. The monoisotopic (exact) mass is 444 g/mol. The molecular formula is C29H24N4O. The molecule has 1 aliphatic rings. The Kier molecular flexibility index (Phi) is 5.91. The van der Waals surface area contributed by atoms with Crippen LogP contribution >= 0.6 is 0 Å². The molecule has 2 heterocycles. The van der Waals surface area contributed by atoms with E-state index in [9.17, 15) is 4.79 Å². The summed E-state index contributed by atoms with van der Waals surface area (Å²) in [5, 5.41) is 0. The molecule has 1 aliphatic carbocycles. The zero-order valence-corrected chi connectivity index (χ0v) is 19.2. The molecule has 5 nitrogen and oxygen atoms in total. The highest BCUT2D eigenvalue weighted by Gasteiger charge is 2.22. The average molecular weight is 445 g/mol. The number of aromatic nitrogens is 2. The van der Waals surface area contributed by atoms with E-state index in [0.29, 0.717) is 11.1 Å². The van der Waals surface area contributed by atoms with E-state index < -0.39 is 0 Å². The Hall–Kier alpha value is -4.25. The number of hydrogen-bond acceptors (Lipinski definition) is 5. The van der Waals surface area contributed by atoms with Crippen LogP contribution < -0.4 is 0 Å². The lowest BCUT2D eigenvalue weighted by molar-refractivity contribution is 0.103. The van der Waals surface area contributed by atoms with Gasteiger partial charge in [0.1, 0.15) is 0 Å². The number of nitrogens with zero attached hydrogens (tertiary/aromatic N) is 4. The highest BCUT2D eigenvalue weighted by Crippen LogP contribution is 2.30. The van der Waals surface area contributed by atoms with Crippen molar-refractivity contribution in [2.24, 2.45) is 9.98 Å². The molecule has 5 heteroatoms. The largest absolute Gasteiger partial charge is 0.289 e. The van der Waals surface area contributed by atoms with Gasteiger partial charge >= 0.3 is 0 Å². The second-order valence-corrected chi connectivity index (χ2v) is 8.55. The van der Waals surface area contributed by atoms with Crippen LogP contribution in [-0.2, 0) is 12.8 Å². The van der Waals surface area contributed by atoms with Crippen LogP contribution in [0, 0.1) is 13.8 Å². The summed E-state index contributed by atoms with van der Waals surface area (Å²) in [6.45, 7) is 4.00. The minimum absolute atomic E-state index is 0.0125. The van der Waals surface area contributed by atoms with E-state index in [0.717, 1.165) is 57.9 Å². The molecule has 0 fully saturated rings. The Morgan fingerprint density at radius 2 is 1.15 bits per heavy atom. The van der Waals surface area contributed by atoms with Gasteiger partial charge in [0.25, 0.3) is 0 Å². The van der Waals surface area contributed by atoms with Crippen molar-refractivity contribution in [2.75, 3.05) is 0 Å². The first-order valence-corrected chi connectivity index (χ1v) is 11.3. The number of aryl methyl sites for hydroxylation is 4. The van der Waals surface area contributed by atoms with Gasteiger partial charge in [0.05, 0.1) is 35.2 Å². The van der Waals surface area contributed by atoms with Gasteiger partial charge in [-0.25, -0.2) is 0 Å². The third kappa shape index (κ3) is 4.74. The summed E-state index contributed by atoms with van der Waals surface area (Å²) in [4.78, 5) is 31.4. The lowest BCUT2D eigenvalue weighted by atomic mass is 9.98. The fourth-order valence-corrected chi connectivity index (χ4v) is 3.96. The Bertz CT molecular complexity index is 1310. The van der Waals surface area contributed by atoms with E-state index in [1.165, 1.54) is 0 Å². The van der Waals surface area contributed by atoms with Gasteiger partial charge in [-0.15, -0.1) is 0 Å². The fraction of sp³-hybridized carbons (Fsp3) is 0.138. The second-order valence-electron chi connectivity index (χ2n) is 8.55. The van der Waals surface area contributed by atoms with E-state index in [-0.39, 0.29) is 5.78 Å². The number of carbonyl (C=O) groups is 1. The third-order valence-corrected chi connectivity index (χ3v) is 5.90. The highest BCUT2D eigenvalue weighted by atomic mass is 16.1. The van der Waals surface area contributed by atoms with Crippen molar-refractivity contribution < 1.29 is 4.79 Å². The quantitative estimate of drug-likeness (QED) is 0.367. The van der Waals surface area contributed by atoms with Crippen molar-refractivity contribution in [2.45, 2.75) is 26.7 Å². The standard InChI is InChI=1S/C29H24N4O/c1-19-3-9-25(30-15-19)17-32-23-11-7-21-5-6-22-8-12-24(14-28(22)29(34)27(21)13-23)33-18-26-10-4-20(2)16-31-26/h3-4,7-18H,5-6H2,1-2H3. The topological polar surface area (TPSA) is 67.6 Å². The maximum atomic E-state index is 13.5. The molecule has 0 saturated carbocycles. The van der Waals surface area contributed by atoms with E-state index in [2.05, 4.69) is 20.0 Å². The first kappa shape index (κ1) is 21.6. The van der Waals surface area contributed by atoms with Gasteiger partial charge in [-0.1, -0.05) is 24.3 Å². The molecule has 2 aromatic carbocycles. The van der Waals surface area contributed by atoms with Crippen molar-refractivity contribution >= 4 is 29.6 Å². The molecule has 4 aromatic rings. The van der Waals surface area contributed by atoms with Gasteiger partial charge < -0.3 is 0 Å². The minimum atomic E-state index is 0.0125. The molecular weight excluding hydrogens is 420 g/mol. The molecule has 0 bridgehead atoms. The van der Waals surface area contributed by atoms with Crippen LogP contribution in [0.4, 0.5) is 11.4 Å². The van der Waals surface area contributed by atoms with Crippen molar-refractivity contribution in [1.29, 1.82) is 0 Å². The van der Waals surface area contributed by atoms with Crippen molar-refractivity contribution in [3.63, 3.8) is 0 Å². The zero-order valence-electron chi connectivity index (χ0n) is 19.2. The summed E-state index contributed by atoms with van der Waals surface area (Å²) in [5.41, 5.74) is 8.72. The number of hydrogen-bond donors (Lipinski definition) is 0. The highest BCUT2D eigenvalue weighted by molar-refractivity contribution is 6.12. The van der Waals surface area contributed by atoms with Gasteiger partial charge in [-0.3, -0.25) is 24.7 Å². The maximum absolute atomic E-state index is 13.5. The van der Waals surface area contributed by atoms with Gasteiger partial charge in [0, 0.05) is 23.5 Å². The summed E-state index contributed by atoms with van der Waals surface area (Å²) in [6.07, 6.45) is 8.70. The lowest BCUT2D eigenvalue weighted by Gasteiger charge is -2.07. The molecule has 0 unspecified atom stereocenters. The average Bonchev–Trinajstić information content (AvgIpc) is 3.00. The van der Waals surface area contributed by atoms with E-state index >= 15 is 0 Å². The summed E-state index contributed by atoms with van der Waals surface area (Å²) < 4.78 is 0. The van der Waals surface area contributed by atoms with Crippen LogP contribution in [0.1, 0.15) is 49.6 Å². The first-order valence-electron chi connectivity index (χ1n) is 11.3. The Labute approximate surface area is 199 Å². The zero-order chi connectivity index (χ0) is 23.5. The van der Waals surface area contributed by atoms with E-state index in [1.807, 2.05) is 86.9 Å². The van der Waals surface area contributed by atoms with Crippen LogP contribution in [0.5, 0.6) is 0 Å². The van der Waals surface area contributed by atoms with Crippen LogP contribution in [-0.4, -0.2) is 28.2 Å². The summed E-state index contributed by atoms with van der Waals surface area (Å²) in [5.74, 6) is 0.0125. The summed E-state index contributed by atoms with van der Waals surface area (Å²) >= 11 is 0. The number of ketones is 1. The molecule has 166 valence electrons. The van der Waals surface area contributed by atoms with Crippen molar-refractivity contribution in [3.8, 4) is 0 Å². The minimum Gasteiger partial charge on any atom is -0.289 e. The lowest BCUT2D eigenvalue weighted by Crippen LogP contribution is -2.04. The molecule has 0 aliphatic heterocycles. The molecule has 0 atom stereocenters. The predicted octanol–water partition coefficient (Wildman–Crippen LogP) is 5.92. The molecule has 0 saturated heterocycles. The Morgan fingerprint density at radius 3 is 1.56 bits per heavy atom. The fourth-order valence-electron chi connectivity index (χ4n) is 3.96. The first-order chi connectivity index (χ1) is 16.5. The van der Waals surface area contributed by atoms with Crippen molar-refractivity contribution in [3.05, 3.63) is 118 Å². The number of rotatable bonds is 4.